The van der Waals surface area contributed by atoms with Crippen molar-refractivity contribution in [2.24, 2.45) is 5.92 Å². The van der Waals surface area contributed by atoms with Gasteiger partial charge in [0.05, 0.1) is 0 Å². The standard InChI is InChI=1S/C14H26O2/c1-3-4-7-12(2)8-5-6-9-13-10-11-14(15)16-13/h12-13H,3-11H2,1-2H3. The zero-order chi connectivity index (χ0) is 11.8. The van der Waals surface area contributed by atoms with Crippen LogP contribution in [0.2, 0.25) is 0 Å². The van der Waals surface area contributed by atoms with Crippen molar-refractivity contribution >= 4 is 5.97 Å². The smallest absolute Gasteiger partial charge is 0.306 e. The van der Waals surface area contributed by atoms with Crippen LogP contribution in [0.5, 0.6) is 0 Å². The summed E-state index contributed by atoms with van der Waals surface area (Å²) in [5, 5.41) is 0. The predicted molar refractivity (Wildman–Crippen MR) is 66.3 cm³/mol. The highest BCUT2D eigenvalue weighted by Gasteiger charge is 2.22. The summed E-state index contributed by atoms with van der Waals surface area (Å²) in [6.45, 7) is 4.60. The van der Waals surface area contributed by atoms with Crippen LogP contribution >= 0.6 is 0 Å². The van der Waals surface area contributed by atoms with Gasteiger partial charge in [0.2, 0.25) is 0 Å². The van der Waals surface area contributed by atoms with Crippen molar-refractivity contribution in [3.05, 3.63) is 0 Å². The summed E-state index contributed by atoms with van der Waals surface area (Å²) in [5.74, 6) is 0.868. The molecule has 2 unspecified atom stereocenters. The lowest BCUT2D eigenvalue weighted by Crippen LogP contribution is -2.06. The number of unbranched alkanes of at least 4 members (excludes halogenated alkanes) is 2. The molecule has 16 heavy (non-hydrogen) atoms. The van der Waals surface area contributed by atoms with Gasteiger partial charge in [-0.3, -0.25) is 4.79 Å². The molecule has 1 saturated heterocycles. The number of hydrogen-bond acceptors (Lipinski definition) is 2. The molecule has 0 spiro atoms. The molecule has 1 heterocycles. The lowest BCUT2D eigenvalue weighted by Gasteiger charge is -2.12. The second-order valence-electron chi connectivity index (χ2n) is 5.18. The summed E-state index contributed by atoms with van der Waals surface area (Å²) in [6.07, 6.45) is 10.8. The lowest BCUT2D eigenvalue weighted by molar-refractivity contribution is -0.141. The average molecular weight is 226 g/mol. The first-order chi connectivity index (χ1) is 7.72. The first kappa shape index (κ1) is 13.5. The van der Waals surface area contributed by atoms with Gasteiger partial charge < -0.3 is 4.74 Å². The van der Waals surface area contributed by atoms with E-state index in [1.54, 1.807) is 0 Å². The van der Waals surface area contributed by atoms with Gasteiger partial charge in [0.1, 0.15) is 6.10 Å². The van der Waals surface area contributed by atoms with Crippen LogP contribution in [0.4, 0.5) is 0 Å². The summed E-state index contributed by atoms with van der Waals surface area (Å²) in [7, 11) is 0. The molecule has 0 saturated carbocycles. The molecular formula is C14H26O2. The number of ether oxygens (including phenoxy) is 1. The maximum atomic E-state index is 10.9. The first-order valence-corrected chi connectivity index (χ1v) is 6.91. The zero-order valence-electron chi connectivity index (χ0n) is 10.8. The number of carbonyl (C=O) groups is 1. The third-order valence-electron chi connectivity index (χ3n) is 3.49. The molecule has 0 aromatic rings. The number of rotatable bonds is 8. The molecule has 1 aliphatic rings. The van der Waals surface area contributed by atoms with Gasteiger partial charge in [-0.1, -0.05) is 46.0 Å². The molecule has 1 aliphatic heterocycles. The lowest BCUT2D eigenvalue weighted by atomic mass is 9.97. The van der Waals surface area contributed by atoms with E-state index in [1.807, 2.05) is 0 Å². The third kappa shape index (κ3) is 5.53. The fourth-order valence-electron chi connectivity index (χ4n) is 2.35. The van der Waals surface area contributed by atoms with E-state index in [1.165, 1.54) is 38.5 Å². The van der Waals surface area contributed by atoms with Crippen LogP contribution in [-0.2, 0) is 9.53 Å². The van der Waals surface area contributed by atoms with Gasteiger partial charge in [-0.25, -0.2) is 0 Å². The summed E-state index contributed by atoms with van der Waals surface area (Å²) >= 11 is 0. The van der Waals surface area contributed by atoms with Crippen molar-refractivity contribution in [3.8, 4) is 0 Å². The summed E-state index contributed by atoms with van der Waals surface area (Å²) < 4.78 is 5.19. The molecule has 94 valence electrons. The Labute approximate surface area is 99.8 Å². The van der Waals surface area contributed by atoms with Gasteiger partial charge >= 0.3 is 5.97 Å². The van der Waals surface area contributed by atoms with Crippen molar-refractivity contribution < 1.29 is 9.53 Å². The molecular weight excluding hydrogens is 200 g/mol. The molecule has 1 fully saturated rings. The Morgan fingerprint density at radius 2 is 2.06 bits per heavy atom. The molecule has 0 bridgehead atoms. The SMILES string of the molecule is CCCCC(C)CCCCC1CCC(=O)O1. The monoisotopic (exact) mass is 226 g/mol. The van der Waals surface area contributed by atoms with E-state index in [0.29, 0.717) is 6.42 Å². The van der Waals surface area contributed by atoms with E-state index >= 15 is 0 Å². The largest absolute Gasteiger partial charge is 0.462 e. The molecule has 1 rings (SSSR count). The summed E-state index contributed by atoms with van der Waals surface area (Å²) in [6, 6.07) is 0. The van der Waals surface area contributed by atoms with Crippen LogP contribution in [0.15, 0.2) is 0 Å². The maximum absolute atomic E-state index is 10.9. The zero-order valence-corrected chi connectivity index (χ0v) is 10.8. The number of hydrogen-bond donors (Lipinski definition) is 0. The second kappa shape index (κ2) is 7.70. The minimum atomic E-state index is 0.00122. The Bertz CT molecular complexity index is 201. The minimum Gasteiger partial charge on any atom is -0.462 e. The summed E-state index contributed by atoms with van der Waals surface area (Å²) in [4.78, 5) is 10.9. The molecule has 0 aromatic heterocycles. The first-order valence-electron chi connectivity index (χ1n) is 6.91. The molecule has 2 heteroatoms. The molecule has 0 aliphatic carbocycles. The van der Waals surface area contributed by atoms with E-state index in [0.717, 1.165) is 18.8 Å². The van der Waals surface area contributed by atoms with Gasteiger partial charge in [-0.15, -0.1) is 0 Å². The Hall–Kier alpha value is -0.530. The van der Waals surface area contributed by atoms with Crippen LogP contribution < -0.4 is 0 Å². The molecule has 2 atom stereocenters. The highest BCUT2D eigenvalue weighted by atomic mass is 16.5. The number of carbonyl (C=O) groups excluding carboxylic acids is 1. The fraction of sp³-hybridized carbons (Fsp3) is 0.929. The van der Waals surface area contributed by atoms with Crippen molar-refractivity contribution in [1.29, 1.82) is 0 Å². The van der Waals surface area contributed by atoms with Gasteiger partial charge in [0, 0.05) is 6.42 Å². The Morgan fingerprint density at radius 1 is 1.31 bits per heavy atom. The van der Waals surface area contributed by atoms with Gasteiger partial charge in [-0.2, -0.15) is 0 Å². The number of cyclic esters (lactones) is 1. The van der Waals surface area contributed by atoms with Crippen molar-refractivity contribution in [1.82, 2.24) is 0 Å². The van der Waals surface area contributed by atoms with Crippen molar-refractivity contribution in [3.63, 3.8) is 0 Å². The second-order valence-corrected chi connectivity index (χ2v) is 5.18. The van der Waals surface area contributed by atoms with E-state index in [-0.39, 0.29) is 12.1 Å². The third-order valence-corrected chi connectivity index (χ3v) is 3.49. The minimum absolute atomic E-state index is 0.00122. The topological polar surface area (TPSA) is 26.3 Å². The molecule has 2 nitrogen and oxygen atoms in total. The fourth-order valence-corrected chi connectivity index (χ4v) is 2.35. The van der Waals surface area contributed by atoms with Crippen LogP contribution in [0.3, 0.4) is 0 Å². The molecule has 0 amide bonds. The van der Waals surface area contributed by atoms with E-state index in [4.69, 9.17) is 4.74 Å². The quantitative estimate of drug-likeness (QED) is 0.460. The van der Waals surface area contributed by atoms with Gasteiger partial charge in [-0.05, 0) is 25.2 Å². The van der Waals surface area contributed by atoms with Crippen LogP contribution in [-0.4, -0.2) is 12.1 Å². The molecule has 0 radical (unpaired) electrons. The molecule has 0 N–H and O–H groups in total. The highest BCUT2D eigenvalue weighted by Crippen LogP contribution is 2.21. The normalized spacial score (nSPS) is 22.1. The van der Waals surface area contributed by atoms with Crippen LogP contribution in [0, 0.1) is 5.92 Å². The van der Waals surface area contributed by atoms with Gasteiger partial charge in [0.25, 0.3) is 0 Å². The van der Waals surface area contributed by atoms with E-state index in [9.17, 15) is 4.79 Å². The summed E-state index contributed by atoms with van der Waals surface area (Å²) in [5.41, 5.74) is 0. The van der Waals surface area contributed by atoms with Crippen molar-refractivity contribution in [2.45, 2.75) is 77.7 Å². The van der Waals surface area contributed by atoms with E-state index in [2.05, 4.69) is 13.8 Å². The van der Waals surface area contributed by atoms with Crippen LogP contribution in [0.25, 0.3) is 0 Å². The van der Waals surface area contributed by atoms with E-state index < -0.39 is 0 Å². The Balaban J connectivity index is 1.93. The molecule has 0 aromatic carbocycles. The van der Waals surface area contributed by atoms with Crippen molar-refractivity contribution in [2.75, 3.05) is 0 Å². The Kier molecular flexibility index (Phi) is 6.51. The Morgan fingerprint density at radius 3 is 2.69 bits per heavy atom. The van der Waals surface area contributed by atoms with Crippen LogP contribution in [0.1, 0.15) is 71.6 Å². The van der Waals surface area contributed by atoms with Gasteiger partial charge in [0.15, 0.2) is 0 Å². The number of esters is 1. The highest BCUT2D eigenvalue weighted by molar-refractivity contribution is 5.71. The maximum Gasteiger partial charge on any atom is 0.306 e. The average Bonchev–Trinajstić information content (AvgIpc) is 2.67. The predicted octanol–water partition coefficient (Wildman–Crippen LogP) is 4.08.